The molecule has 50 heavy (non-hydrogen) atoms. The van der Waals surface area contributed by atoms with Gasteiger partial charge < -0.3 is 24.1 Å². The second-order valence-electron chi connectivity index (χ2n) is 15.8. The van der Waals surface area contributed by atoms with Crippen LogP contribution < -0.4 is 4.89 Å². The zero-order valence-electron chi connectivity index (χ0n) is 33.2. The van der Waals surface area contributed by atoms with Crippen LogP contribution in [0.25, 0.3) is 0 Å². The Labute approximate surface area is 307 Å². The first-order chi connectivity index (χ1) is 23.8. The van der Waals surface area contributed by atoms with E-state index in [4.69, 9.17) is 14.2 Å². The summed E-state index contributed by atoms with van der Waals surface area (Å²) in [5.41, 5.74) is -2.20. The van der Waals surface area contributed by atoms with E-state index in [9.17, 15) is 24.2 Å². The number of carbonyl (C=O) groups is 2. The Balaban J connectivity index is 5.11. The number of Topliss-reactive ketones (excluding diaryl/α,β-unsaturated/α-hetero) is 2. The number of quaternary nitrogens is 1. The van der Waals surface area contributed by atoms with Gasteiger partial charge >= 0.3 is 0 Å². The molecule has 0 heterocycles. The Hall–Kier alpha value is -0.670. The molecule has 1 unspecified atom stereocenters. The standard InChI is InChI=1S/C40H80NO8P/c1-6-8-10-12-14-16-18-20-22-24-26-28-30-32-38(44)40(36-41(3,4)5,49-50(46,47)48-35-37(43)34-42)39(45)33-31-29-27-25-23-21-19-17-15-13-11-9-7-2/h37,42-43H,6-36H2,1-5H3/t37-/m1/s1. The van der Waals surface area contributed by atoms with Crippen molar-refractivity contribution >= 4 is 19.4 Å². The van der Waals surface area contributed by atoms with Crippen molar-refractivity contribution in [3.05, 3.63) is 0 Å². The molecule has 0 aliphatic rings. The Morgan fingerprint density at radius 3 is 1.20 bits per heavy atom. The fourth-order valence-electron chi connectivity index (χ4n) is 6.59. The Morgan fingerprint density at radius 2 is 0.920 bits per heavy atom. The molecule has 0 aliphatic heterocycles. The average molecular weight is 734 g/mol. The number of rotatable bonds is 38. The van der Waals surface area contributed by atoms with Crippen molar-refractivity contribution in [1.29, 1.82) is 0 Å². The smallest absolute Gasteiger partial charge is 0.269 e. The number of phosphoric ester groups is 1. The number of ketones is 2. The van der Waals surface area contributed by atoms with E-state index in [1.54, 1.807) is 21.1 Å². The third kappa shape index (κ3) is 27.0. The van der Waals surface area contributed by atoms with E-state index in [1.165, 1.54) is 116 Å². The van der Waals surface area contributed by atoms with Crippen LogP contribution in [0.5, 0.6) is 0 Å². The van der Waals surface area contributed by atoms with Crippen molar-refractivity contribution in [2.75, 3.05) is 40.9 Å². The fraction of sp³-hybridized carbons (Fsp3) is 0.950. The molecular weight excluding hydrogens is 653 g/mol. The van der Waals surface area contributed by atoms with Gasteiger partial charge in [-0.15, -0.1) is 0 Å². The summed E-state index contributed by atoms with van der Waals surface area (Å²) in [5.74, 6) is -1.06. The van der Waals surface area contributed by atoms with Gasteiger partial charge in [0, 0.05) is 12.8 Å². The molecule has 0 fully saturated rings. The molecule has 10 heteroatoms. The van der Waals surface area contributed by atoms with Crippen LogP contribution in [0.1, 0.15) is 194 Å². The van der Waals surface area contributed by atoms with E-state index in [-0.39, 0.29) is 23.9 Å². The first-order valence-corrected chi connectivity index (χ1v) is 22.1. The first kappa shape index (κ1) is 49.3. The van der Waals surface area contributed by atoms with Gasteiger partial charge in [-0.2, -0.15) is 0 Å². The third-order valence-electron chi connectivity index (χ3n) is 9.52. The predicted octanol–water partition coefficient (Wildman–Crippen LogP) is 9.39. The largest absolute Gasteiger partial charge is 0.756 e. The highest BCUT2D eigenvalue weighted by atomic mass is 31.2. The topological polar surface area (TPSA) is 133 Å². The molecule has 2 atom stereocenters. The molecule has 0 aromatic rings. The Kier molecular flexibility index (Phi) is 30.3. The van der Waals surface area contributed by atoms with Gasteiger partial charge in [0.05, 0.1) is 34.4 Å². The minimum absolute atomic E-state index is 0.0430. The molecule has 0 aromatic heterocycles. The van der Waals surface area contributed by atoms with Gasteiger partial charge in [-0.05, 0) is 12.8 Å². The number of aliphatic hydroxyl groups is 2. The predicted molar refractivity (Wildman–Crippen MR) is 204 cm³/mol. The van der Waals surface area contributed by atoms with Gasteiger partial charge in [0.1, 0.15) is 12.6 Å². The van der Waals surface area contributed by atoms with E-state index in [1.807, 2.05) is 0 Å². The maximum Gasteiger partial charge on any atom is 0.269 e. The summed E-state index contributed by atoms with van der Waals surface area (Å²) >= 11 is 0. The second kappa shape index (κ2) is 30.8. The first-order valence-electron chi connectivity index (χ1n) is 20.7. The van der Waals surface area contributed by atoms with Gasteiger partial charge in [-0.1, -0.05) is 168 Å². The van der Waals surface area contributed by atoms with Gasteiger partial charge in [-0.3, -0.25) is 18.7 Å². The molecule has 298 valence electrons. The number of aliphatic hydroxyl groups excluding tert-OH is 2. The summed E-state index contributed by atoms with van der Waals surface area (Å²) in [6, 6.07) is 0. The third-order valence-corrected chi connectivity index (χ3v) is 10.5. The van der Waals surface area contributed by atoms with E-state index >= 15 is 0 Å². The number of hydrogen-bond donors (Lipinski definition) is 2. The minimum Gasteiger partial charge on any atom is -0.756 e. The van der Waals surface area contributed by atoms with E-state index in [0.717, 1.165) is 38.5 Å². The highest BCUT2D eigenvalue weighted by molar-refractivity contribution is 7.46. The van der Waals surface area contributed by atoms with Crippen molar-refractivity contribution in [2.45, 2.75) is 205 Å². The zero-order chi connectivity index (χ0) is 37.6. The quantitative estimate of drug-likeness (QED) is 0.0278. The van der Waals surface area contributed by atoms with E-state index in [0.29, 0.717) is 12.8 Å². The molecule has 0 amide bonds. The van der Waals surface area contributed by atoms with Crippen molar-refractivity contribution in [3.8, 4) is 0 Å². The van der Waals surface area contributed by atoms with Gasteiger partial charge in [-0.25, -0.2) is 0 Å². The summed E-state index contributed by atoms with van der Waals surface area (Å²) in [6.07, 6.45) is 28.7. The number of phosphoric acid groups is 1. The van der Waals surface area contributed by atoms with Crippen molar-refractivity contribution < 1.29 is 42.8 Å². The zero-order valence-corrected chi connectivity index (χ0v) is 34.1. The van der Waals surface area contributed by atoms with Gasteiger partial charge in [0.2, 0.25) is 5.60 Å². The fourth-order valence-corrected chi connectivity index (χ4v) is 7.64. The molecule has 0 radical (unpaired) electrons. The summed E-state index contributed by atoms with van der Waals surface area (Å²) in [4.78, 5) is 40.9. The van der Waals surface area contributed by atoms with Crippen LogP contribution >= 0.6 is 7.82 Å². The van der Waals surface area contributed by atoms with Crippen LogP contribution in [0, 0.1) is 0 Å². The molecule has 0 bridgehead atoms. The summed E-state index contributed by atoms with van der Waals surface area (Å²) in [7, 11) is 0.187. The van der Waals surface area contributed by atoms with Crippen molar-refractivity contribution in [1.82, 2.24) is 0 Å². The van der Waals surface area contributed by atoms with Crippen LogP contribution in [0.2, 0.25) is 0 Å². The lowest BCUT2D eigenvalue weighted by molar-refractivity contribution is -0.874. The Bertz CT molecular complexity index is 836. The molecule has 0 saturated carbocycles. The normalized spacial score (nSPS) is 14.2. The van der Waals surface area contributed by atoms with Crippen LogP contribution in [0.15, 0.2) is 0 Å². The van der Waals surface area contributed by atoms with Gasteiger partial charge in [0.25, 0.3) is 7.82 Å². The molecule has 0 spiro atoms. The van der Waals surface area contributed by atoms with Crippen molar-refractivity contribution in [2.24, 2.45) is 0 Å². The van der Waals surface area contributed by atoms with Crippen LogP contribution in [0.4, 0.5) is 0 Å². The molecule has 9 nitrogen and oxygen atoms in total. The molecule has 0 saturated heterocycles. The summed E-state index contributed by atoms with van der Waals surface area (Å²) < 4.78 is 23.5. The van der Waals surface area contributed by atoms with E-state index in [2.05, 4.69) is 13.8 Å². The lowest BCUT2D eigenvalue weighted by Gasteiger charge is -2.40. The van der Waals surface area contributed by atoms with E-state index < -0.39 is 44.3 Å². The minimum atomic E-state index is -5.19. The number of carbonyl (C=O) groups excluding carboxylic acids is 2. The summed E-state index contributed by atoms with van der Waals surface area (Å²) in [6.45, 7) is 2.90. The molecule has 0 aliphatic carbocycles. The average Bonchev–Trinajstić information content (AvgIpc) is 3.06. The highest BCUT2D eigenvalue weighted by Crippen LogP contribution is 2.45. The molecule has 0 aromatic carbocycles. The van der Waals surface area contributed by atoms with Gasteiger partial charge in [0.15, 0.2) is 11.6 Å². The lowest BCUT2D eigenvalue weighted by atomic mass is 9.86. The number of unbranched alkanes of at least 4 members (excludes halogenated alkanes) is 24. The van der Waals surface area contributed by atoms with Crippen LogP contribution in [-0.2, 0) is 23.2 Å². The second-order valence-corrected chi connectivity index (χ2v) is 17.1. The maximum atomic E-state index is 13.9. The molecule has 0 rings (SSSR count). The summed E-state index contributed by atoms with van der Waals surface area (Å²) in [5, 5.41) is 18.8. The maximum absolute atomic E-state index is 13.9. The van der Waals surface area contributed by atoms with Crippen LogP contribution in [0.3, 0.4) is 0 Å². The monoisotopic (exact) mass is 734 g/mol. The number of hydrogen-bond acceptors (Lipinski definition) is 8. The molecule has 2 N–H and O–H groups in total. The molecular formula is C40H80NO8P. The SMILES string of the molecule is CCCCCCCCCCCCCCCC(=O)C(C[N+](C)(C)C)(OP(=O)([O-])OC[C@H](O)CO)C(=O)CCCCCCCCCCCCCCC. The number of likely N-dealkylation sites (N-methyl/N-ethyl adjacent to an activating group) is 1. The number of nitrogens with zero attached hydrogens (tertiary/aromatic N) is 1. The Morgan fingerprint density at radius 1 is 0.620 bits per heavy atom. The lowest BCUT2D eigenvalue weighted by Crippen LogP contribution is -2.60. The van der Waals surface area contributed by atoms with Crippen molar-refractivity contribution in [3.63, 3.8) is 0 Å². The van der Waals surface area contributed by atoms with Crippen LogP contribution in [-0.4, -0.2) is 78.9 Å². The highest BCUT2D eigenvalue weighted by Gasteiger charge is 2.52.